The van der Waals surface area contributed by atoms with Crippen LogP contribution in [0.2, 0.25) is 0 Å². The van der Waals surface area contributed by atoms with E-state index in [1.165, 1.54) is 24.2 Å². The zero-order valence-corrected chi connectivity index (χ0v) is 19.7. The molecule has 176 valence electrons. The molecule has 9 heteroatoms. The van der Waals surface area contributed by atoms with Crippen molar-refractivity contribution in [2.45, 2.75) is 12.8 Å². The van der Waals surface area contributed by atoms with Crippen molar-refractivity contribution in [3.05, 3.63) is 52.2 Å². The standard InChI is InChI=1S/C25H27N5O3S/c31-22-17-7-8-20(29-11-13-33-14-12-29)28-23(17)30-18-3-1-2-4-19(18)34-25(30)21(22)24(32)27-10-9-26-15-16-5-6-16/h1-4,7-8,16,26H,5-6,9-15H2,(H,27,32). The molecule has 1 aromatic carbocycles. The van der Waals surface area contributed by atoms with Gasteiger partial charge < -0.3 is 20.3 Å². The number of hydrogen-bond acceptors (Lipinski definition) is 7. The fraction of sp³-hybridized carbons (Fsp3) is 0.400. The first-order valence-corrected chi connectivity index (χ1v) is 12.7. The predicted molar refractivity (Wildman–Crippen MR) is 135 cm³/mol. The average molecular weight is 478 g/mol. The summed E-state index contributed by atoms with van der Waals surface area (Å²) in [5.74, 6) is 1.27. The number of nitrogens with one attached hydrogen (secondary N) is 2. The smallest absolute Gasteiger partial charge is 0.258 e. The zero-order valence-electron chi connectivity index (χ0n) is 18.9. The molecule has 2 fully saturated rings. The molecule has 1 aliphatic carbocycles. The first kappa shape index (κ1) is 21.5. The van der Waals surface area contributed by atoms with Crippen LogP contribution in [0.4, 0.5) is 5.82 Å². The highest BCUT2D eigenvalue weighted by Crippen LogP contribution is 2.31. The molecule has 2 N–H and O–H groups in total. The lowest BCUT2D eigenvalue weighted by molar-refractivity contribution is 0.0954. The van der Waals surface area contributed by atoms with E-state index in [0.29, 0.717) is 42.2 Å². The van der Waals surface area contributed by atoms with E-state index in [1.54, 1.807) is 0 Å². The molecule has 34 heavy (non-hydrogen) atoms. The number of anilines is 1. The van der Waals surface area contributed by atoms with E-state index < -0.39 is 0 Å². The highest BCUT2D eigenvalue weighted by Gasteiger charge is 2.24. The third-order valence-corrected chi connectivity index (χ3v) is 7.70. The molecule has 1 aliphatic heterocycles. The molecule has 2 aliphatic rings. The number of rotatable bonds is 7. The van der Waals surface area contributed by atoms with Gasteiger partial charge in [0.1, 0.15) is 16.2 Å². The van der Waals surface area contributed by atoms with Crippen LogP contribution in [0.5, 0.6) is 0 Å². The van der Waals surface area contributed by atoms with Crippen LogP contribution < -0.4 is 21.0 Å². The van der Waals surface area contributed by atoms with E-state index in [-0.39, 0.29) is 16.9 Å². The summed E-state index contributed by atoms with van der Waals surface area (Å²) in [6, 6.07) is 11.6. The normalized spacial score (nSPS) is 16.5. The van der Waals surface area contributed by atoms with E-state index in [4.69, 9.17) is 9.72 Å². The topological polar surface area (TPSA) is 88.0 Å². The molecule has 0 atom stereocenters. The minimum absolute atomic E-state index is 0.191. The number of hydrogen-bond donors (Lipinski definition) is 2. The second kappa shape index (κ2) is 8.98. The summed E-state index contributed by atoms with van der Waals surface area (Å²) in [7, 11) is 0. The fourth-order valence-electron chi connectivity index (χ4n) is 4.53. The molecule has 0 unspecified atom stereocenters. The lowest BCUT2D eigenvalue weighted by atomic mass is 10.1. The quantitative estimate of drug-likeness (QED) is 0.398. The minimum atomic E-state index is -0.332. The monoisotopic (exact) mass is 477 g/mol. The summed E-state index contributed by atoms with van der Waals surface area (Å²) in [6.07, 6.45) is 2.58. The number of para-hydroxylation sites is 1. The SMILES string of the molecule is O=C(NCCNCC1CC1)c1c(=O)c2ccc(N3CCOCC3)nc2n2c1sc1ccccc12. The molecule has 0 bridgehead atoms. The number of aromatic nitrogens is 2. The lowest BCUT2D eigenvalue weighted by Gasteiger charge is -2.27. The summed E-state index contributed by atoms with van der Waals surface area (Å²) in [6.45, 7) is 5.00. The van der Waals surface area contributed by atoms with E-state index in [0.717, 1.165) is 41.6 Å². The molecule has 0 spiro atoms. The maximum atomic E-state index is 13.6. The Balaban J connectivity index is 1.43. The van der Waals surface area contributed by atoms with Gasteiger partial charge in [-0.2, -0.15) is 0 Å². The number of nitrogens with zero attached hydrogens (tertiary/aromatic N) is 3. The van der Waals surface area contributed by atoms with Crippen molar-refractivity contribution in [2.24, 2.45) is 5.92 Å². The summed E-state index contributed by atoms with van der Waals surface area (Å²) in [5.41, 5.74) is 1.45. The van der Waals surface area contributed by atoms with E-state index in [2.05, 4.69) is 15.5 Å². The Morgan fingerprint density at radius 3 is 2.76 bits per heavy atom. The van der Waals surface area contributed by atoms with Crippen LogP contribution in [0.3, 0.4) is 0 Å². The molecule has 4 heterocycles. The highest BCUT2D eigenvalue weighted by atomic mass is 32.1. The molecule has 8 nitrogen and oxygen atoms in total. The molecular formula is C25H27N5O3S. The number of benzene rings is 1. The summed E-state index contributed by atoms with van der Waals surface area (Å²) in [4.78, 5) is 34.5. The Morgan fingerprint density at radius 2 is 1.94 bits per heavy atom. The van der Waals surface area contributed by atoms with Crippen LogP contribution in [0.25, 0.3) is 26.1 Å². The number of carbonyl (C=O) groups is 1. The van der Waals surface area contributed by atoms with Crippen molar-refractivity contribution in [3.63, 3.8) is 0 Å². The zero-order chi connectivity index (χ0) is 23.1. The van der Waals surface area contributed by atoms with Crippen molar-refractivity contribution in [1.82, 2.24) is 20.0 Å². The Morgan fingerprint density at radius 1 is 1.12 bits per heavy atom. The van der Waals surface area contributed by atoms with Gasteiger partial charge in [0.2, 0.25) is 5.43 Å². The van der Waals surface area contributed by atoms with Gasteiger partial charge in [0.15, 0.2) is 5.65 Å². The van der Waals surface area contributed by atoms with Crippen LogP contribution in [0, 0.1) is 5.92 Å². The maximum Gasteiger partial charge on any atom is 0.258 e. The maximum absolute atomic E-state index is 13.6. The number of ether oxygens (including phenoxy) is 1. The predicted octanol–water partition coefficient (Wildman–Crippen LogP) is 2.63. The fourth-order valence-corrected chi connectivity index (χ4v) is 5.71. The molecule has 3 aromatic heterocycles. The second-order valence-electron chi connectivity index (χ2n) is 8.96. The second-order valence-corrected chi connectivity index (χ2v) is 9.99. The lowest BCUT2D eigenvalue weighted by Crippen LogP contribution is -2.37. The van der Waals surface area contributed by atoms with E-state index >= 15 is 0 Å². The summed E-state index contributed by atoms with van der Waals surface area (Å²) in [5, 5.41) is 6.78. The van der Waals surface area contributed by atoms with Gasteiger partial charge in [0.05, 0.1) is 28.8 Å². The Kier molecular flexibility index (Phi) is 5.68. The van der Waals surface area contributed by atoms with Gasteiger partial charge in [-0.05, 0) is 49.6 Å². The van der Waals surface area contributed by atoms with Gasteiger partial charge in [-0.1, -0.05) is 12.1 Å². The number of thiazole rings is 1. The van der Waals surface area contributed by atoms with Gasteiger partial charge in [-0.15, -0.1) is 11.3 Å². The molecule has 0 radical (unpaired) electrons. The van der Waals surface area contributed by atoms with Crippen molar-refractivity contribution < 1.29 is 9.53 Å². The van der Waals surface area contributed by atoms with Gasteiger partial charge in [0, 0.05) is 26.2 Å². The number of pyridine rings is 2. The van der Waals surface area contributed by atoms with Gasteiger partial charge >= 0.3 is 0 Å². The van der Waals surface area contributed by atoms with Crippen LogP contribution in [0.15, 0.2) is 41.2 Å². The van der Waals surface area contributed by atoms with Crippen molar-refractivity contribution in [3.8, 4) is 0 Å². The van der Waals surface area contributed by atoms with Gasteiger partial charge in [-0.3, -0.25) is 14.0 Å². The van der Waals surface area contributed by atoms with Crippen LogP contribution >= 0.6 is 11.3 Å². The third kappa shape index (κ3) is 3.93. The first-order valence-electron chi connectivity index (χ1n) is 11.9. The Bertz CT molecular complexity index is 1440. The number of amides is 1. The summed E-state index contributed by atoms with van der Waals surface area (Å²) >= 11 is 1.46. The van der Waals surface area contributed by atoms with Crippen molar-refractivity contribution in [1.29, 1.82) is 0 Å². The average Bonchev–Trinajstić information content (AvgIpc) is 3.62. The van der Waals surface area contributed by atoms with E-state index in [9.17, 15) is 9.59 Å². The van der Waals surface area contributed by atoms with Crippen molar-refractivity contribution >= 4 is 49.1 Å². The Hall–Kier alpha value is -3.01. The van der Waals surface area contributed by atoms with Crippen LogP contribution in [-0.2, 0) is 4.74 Å². The van der Waals surface area contributed by atoms with Gasteiger partial charge in [-0.25, -0.2) is 4.98 Å². The molecule has 6 rings (SSSR count). The van der Waals surface area contributed by atoms with Crippen LogP contribution in [-0.4, -0.2) is 61.2 Å². The van der Waals surface area contributed by atoms with Crippen LogP contribution in [0.1, 0.15) is 23.2 Å². The molecule has 1 saturated carbocycles. The molecule has 1 amide bonds. The third-order valence-electron chi connectivity index (χ3n) is 6.55. The number of morpholine rings is 1. The van der Waals surface area contributed by atoms with E-state index in [1.807, 2.05) is 40.8 Å². The highest BCUT2D eigenvalue weighted by molar-refractivity contribution is 7.24. The first-order chi connectivity index (χ1) is 16.7. The number of fused-ring (bicyclic) bond motifs is 5. The summed E-state index contributed by atoms with van der Waals surface area (Å²) < 4.78 is 8.46. The molecule has 4 aromatic rings. The van der Waals surface area contributed by atoms with Gasteiger partial charge in [0.25, 0.3) is 5.91 Å². The van der Waals surface area contributed by atoms with Crippen molar-refractivity contribution in [2.75, 3.05) is 50.8 Å². The molecular weight excluding hydrogens is 450 g/mol. The minimum Gasteiger partial charge on any atom is -0.378 e. The largest absolute Gasteiger partial charge is 0.378 e. The molecule has 1 saturated heterocycles. The Labute approximate surface area is 200 Å². The number of carbonyl (C=O) groups excluding carboxylic acids is 1.